The first-order valence-corrected chi connectivity index (χ1v) is 7.24. The van der Waals surface area contributed by atoms with Crippen LogP contribution in [-0.2, 0) is 0 Å². The fourth-order valence-electron chi connectivity index (χ4n) is 2.82. The molecule has 1 fully saturated rings. The number of aromatic carboxylic acids is 1. The van der Waals surface area contributed by atoms with E-state index in [-0.39, 0.29) is 0 Å². The zero-order chi connectivity index (χ0) is 13.7. The van der Waals surface area contributed by atoms with Crippen LogP contribution in [-0.4, -0.2) is 17.6 Å². The molecule has 2 N–H and O–H groups in total. The predicted molar refractivity (Wildman–Crippen MR) is 77.8 cm³/mol. The summed E-state index contributed by atoms with van der Waals surface area (Å²) in [6.07, 6.45) is 8.09. The van der Waals surface area contributed by atoms with Crippen molar-refractivity contribution in [2.75, 3.05) is 11.9 Å². The van der Waals surface area contributed by atoms with Crippen molar-refractivity contribution in [3.63, 3.8) is 0 Å². The monoisotopic (exact) mass is 261 g/mol. The van der Waals surface area contributed by atoms with Crippen molar-refractivity contribution >= 4 is 11.7 Å². The lowest BCUT2D eigenvalue weighted by atomic mass is 10.00. The van der Waals surface area contributed by atoms with Crippen LogP contribution in [0.3, 0.4) is 0 Å². The summed E-state index contributed by atoms with van der Waals surface area (Å²) in [5, 5.41) is 12.4. The van der Waals surface area contributed by atoms with Crippen LogP contribution in [0.4, 0.5) is 5.69 Å². The summed E-state index contributed by atoms with van der Waals surface area (Å²) < 4.78 is 0. The SMILES string of the molecule is Cc1cc(C(=O)O)ccc1NCC1CCCCCC1. The van der Waals surface area contributed by atoms with Gasteiger partial charge in [-0.3, -0.25) is 0 Å². The first-order chi connectivity index (χ1) is 9.16. The van der Waals surface area contributed by atoms with Gasteiger partial charge in [0.2, 0.25) is 0 Å². The van der Waals surface area contributed by atoms with Crippen LogP contribution < -0.4 is 5.32 Å². The minimum Gasteiger partial charge on any atom is -0.478 e. The molecule has 0 heterocycles. The largest absolute Gasteiger partial charge is 0.478 e. The molecule has 3 heteroatoms. The van der Waals surface area contributed by atoms with Gasteiger partial charge in [0.05, 0.1) is 5.56 Å². The summed E-state index contributed by atoms with van der Waals surface area (Å²) in [7, 11) is 0. The second-order valence-electron chi connectivity index (χ2n) is 5.57. The van der Waals surface area contributed by atoms with E-state index < -0.39 is 5.97 Å². The van der Waals surface area contributed by atoms with Crippen molar-refractivity contribution in [1.82, 2.24) is 0 Å². The van der Waals surface area contributed by atoms with E-state index in [0.29, 0.717) is 5.56 Å². The number of hydrogen-bond acceptors (Lipinski definition) is 2. The molecule has 0 radical (unpaired) electrons. The van der Waals surface area contributed by atoms with Gasteiger partial charge in [-0.15, -0.1) is 0 Å². The Morgan fingerprint density at radius 2 is 1.95 bits per heavy atom. The van der Waals surface area contributed by atoms with Gasteiger partial charge in [-0.1, -0.05) is 25.7 Å². The van der Waals surface area contributed by atoms with E-state index in [4.69, 9.17) is 5.11 Å². The van der Waals surface area contributed by atoms with Crippen LogP contribution >= 0.6 is 0 Å². The van der Waals surface area contributed by atoms with E-state index in [0.717, 1.165) is 23.7 Å². The number of carbonyl (C=O) groups is 1. The van der Waals surface area contributed by atoms with Crippen LogP contribution in [0.15, 0.2) is 18.2 Å². The highest BCUT2D eigenvalue weighted by molar-refractivity contribution is 5.88. The Kier molecular flexibility index (Phi) is 4.83. The molecular weight excluding hydrogens is 238 g/mol. The van der Waals surface area contributed by atoms with Crippen molar-refractivity contribution in [2.24, 2.45) is 5.92 Å². The molecule has 1 aliphatic carbocycles. The number of carboxylic acids is 1. The highest BCUT2D eigenvalue weighted by atomic mass is 16.4. The molecule has 0 aliphatic heterocycles. The lowest BCUT2D eigenvalue weighted by molar-refractivity contribution is 0.0697. The van der Waals surface area contributed by atoms with Gasteiger partial charge in [-0.05, 0) is 49.4 Å². The van der Waals surface area contributed by atoms with Crippen molar-refractivity contribution in [3.05, 3.63) is 29.3 Å². The van der Waals surface area contributed by atoms with E-state index in [1.165, 1.54) is 38.5 Å². The fourth-order valence-corrected chi connectivity index (χ4v) is 2.82. The minimum absolute atomic E-state index is 0.359. The molecule has 0 atom stereocenters. The molecule has 1 aromatic carbocycles. The first-order valence-electron chi connectivity index (χ1n) is 7.24. The standard InChI is InChI=1S/C16H23NO2/c1-12-10-14(16(18)19)8-9-15(12)17-11-13-6-4-2-3-5-7-13/h8-10,13,17H,2-7,11H2,1H3,(H,18,19). The maximum atomic E-state index is 10.9. The van der Waals surface area contributed by atoms with Gasteiger partial charge in [0.25, 0.3) is 0 Å². The van der Waals surface area contributed by atoms with Crippen LogP contribution in [0.5, 0.6) is 0 Å². The maximum Gasteiger partial charge on any atom is 0.335 e. The Hall–Kier alpha value is -1.51. The second-order valence-corrected chi connectivity index (χ2v) is 5.57. The molecule has 0 amide bonds. The van der Waals surface area contributed by atoms with E-state index in [1.807, 2.05) is 13.0 Å². The molecule has 0 unspecified atom stereocenters. The zero-order valence-corrected chi connectivity index (χ0v) is 11.6. The number of aryl methyl sites for hydroxylation is 1. The topological polar surface area (TPSA) is 49.3 Å². The van der Waals surface area contributed by atoms with E-state index in [1.54, 1.807) is 12.1 Å². The molecule has 0 spiro atoms. The maximum absolute atomic E-state index is 10.9. The molecule has 0 saturated heterocycles. The van der Waals surface area contributed by atoms with Gasteiger partial charge >= 0.3 is 5.97 Å². The smallest absolute Gasteiger partial charge is 0.335 e. The minimum atomic E-state index is -0.863. The lowest BCUT2D eigenvalue weighted by Crippen LogP contribution is -2.14. The van der Waals surface area contributed by atoms with Crippen LogP contribution in [0.25, 0.3) is 0 Å². The van der Waals surface area contributed by atoms with E-state index in [2.05, 4.69) is 5.32 Å². The Morgan fingerprint density at radius 1 is 1.26 bits per heavy atom. The Bertz CT molecular complexity index is 434. The molecule has 1 aromatic rings. The van der Waals surface area contributed by atoms with E-state index in [9.17, 15) is 4.79 Å². The number of benzene rings is 1. The number of rotatable bonds is 4. The van der Waals surface area contributed by atoms with Crippen molar-refractivity contribution in [3.8, 4) is 0 Å². The normalized spacial score (nSPS) is 16.9. The molecule has 0 bridgehead atoms. The summed E-state index contributed by atoms with van der Waals surface area (Å²) in [4.78, 5) is 10.9. The average molecular weight is 261 g/mol. The highest BCUT2D eigenvalue weighted by Gasteiger charge is 2.12. The van der Waals surface area contributed by atoms with Gasteiger partial charge < -0.3 is 10.4 Å². The van der Waals surface area contributed by atoms with Gasteiger partial charge in [0, 0.05) is 12.2 Å². The Balaban J connectivity index is 1.93. The van der Waals surface area contributed by atoms with Crippen molar-refractivity contribution < 1.29 is 9.90 Å². The summed E-state index contributed by atoms with van der Waals surface area (Å²) in [6, 6.07) is 5.29. The summed E-state index contributed by atoms with van der Waals surface area (Å²) in [5.74, 6) is -0.0977. The fraction of sp³-hybridized carbons (Fsp3) is 0.562. The van der Waals surface area contributed by atoms with Crippen molar-refractivity contribution in [1.29, 1.82) is 0 Å². The van der Waals surface area contributed by atoms with Gasteiger partial charge in [0.15, 0.2) is 0 Å². The zero-order valence-electron chi connectivity index (χ0n) is 11.6. The van der Waals surface area contributed by atoms with Gasteiger partial charge in [0.1, 0.15) is 0 Å². The van der Waals surface area contributed by atoms with Crippen LogP contribution in [0, 0.1) is 12.8 Å². The third-order valence-electron chi connectivity index (χ3n) is 4.03. The van der Waals surface area contributed by atoms with Gasteiger partial charge in [-0.2, -0.15) is 0 Å². The average Bonchev–Trinajstić information content (AvgIpc) is 2.65. The number of anilines is 1. The van der Waals surface area contributed by atoms with Crippen LogP contribution in [0.2, 0.25) is 0 Å². The van der Waals surface area contributed by atoms with E-state index >= 15 is 0 Å². The Morgan fingerprint density at radius 3 is 2.53 bits per heavy atom. The van der Waals surface area contributed by atoms with Gasteiger partial charge in [-0.25, -0.2) is 4.79 Å². The van der Waals surface area contributed by atoms with Crippen molar-refractivity contribution in [2.45, 2.75) is 45.4 Å². The molecular formula is C16H23NO2. The summed E-state index contributed by atoms with van der Waals surface area (Å²) in [6.45, 7) is 2.97. The second kappa shape index (κ2) is 6.60. The number of carboxylic acid groups (broad SMARTS) is 1. The molecule has 1 saturated carbocycles. The highest BCUT2D eigenvalue weighted by Crippen LogP contribution is 2.24. The molecule has 0 aromatic heterocycles. The lowest BCUT2D eigenvalue weighted by Gasteiger charge is -2.17. The third kappa shape index (κ3) is 3.98. The number of hydrogen-bond donors (Lipinski definition) is 2. The third-order valence-corrected chi connectivity index (χ3v) is 4.03. The molecule has 104 valence electrons. The summed E-state index contributed by atoms with van der Waals surface area (Å²) >= 11 is 0. The molecule has 19 heavy (non-hydrogen) atoms. The molecule has 3 nitrogen and oxygen atoms in total. The number of nitrogens with one attached hydrogen (secondary N) is 1. The first kappa shape index (κ1) is 13.9. The quantitative estimate of drug-likeness (QED) is 0.803. The molecule has 1 aliphatic rings. The summed E-state index contributed by atoms with van der Waals surface area (Å²) in [5.41, 5.74) is 2.43. The molecule has 2 rings (SSSR count). The van der Waals surface area contributed by atoms with Crippen LogP contribution in [0.1, 0.15) is 54.4 Å². The Labute approximate surface area is 115 Å². The predicted octanol–water partition coefficient (Wildman–Crippen LogP) is 4.08.